The highest BCUT2D eigenvalue weighted by Crippen LogP contribution is 2.34. The molecule has 6 aromatic heterocycles. The van der Waals surface area contributed by atoms with Gasteiger partial charge in [-0.3, -0.25) is 4.98 Å². The summed E-state index contributed by atoms with van der Waals surface area (Å²) in [7, 11) is 0. The largest absolute Gasteiger partial charge is 0.478 e. The van der Waals surface area contributed by atoms with Crippen molar-refractivity contribution in [1.29, 1.82) is 0 Å². The minimum atomic E-state index is -1.10. The Bertz CT molecular complexity index is 5230. The van der Waals surface area contributed by atoms with Crippen LogP contribution in [0.4, 0.5) is 4.39 Å². The van der Waals surface area contributed by atoms with Crippen LogP contribution < -0.4 is 0 Å². The molecule has 0 unspecified atom stereocenters. The molecule has 0 aliphatic rings. The maximum Gasteiger partial charge on any atom is 0.338 e. The second-order valence-corrected chi connectivity index (χ2v) is 20.9. The molecule has 0 aliphatic heterocycles. The lowest BCUT2D eigenvalue weighted by molar-refractivity contribution is 0.0688. The Labute approximate surface area is 541 Å². The van der Waals surface area contributed by atoms with Crippen molar-refractivity contribution in [3.63, 3.8) is 0 Å². The number of para-hydroxylation sites is 5. The fourth-order valence-corrected chi connectivity index (χ4v) is 9.71. The number of aromatic nitrogens is 6. The third-order valence-corrected chi connectivity index (χ3v) is 14.3. The minimum absolute atomic E-state index is 0.0313. The van der Waals surface area contributed by atoms with E-state index in [4.69, 9.17) is 82.4 Å². The number of nitrogens with zero attached hydrogens (tertiary/aromatic N) is 6. The molecule has 0 fully saturated rings. The first kappa shape index (κ1) is 63.2. The molecular formula is C69H40Cl3FN6O15. The number of aromatic carboxylic acids is 5. The summed E-state index contributed by atoms with van der Waals surface area (Å²) in [5, 5.41) is 47.1. The van der Waals surface area contributed by atoms with Gasteiger partial charge in [-0.1, -0.05) is 95.5 Å². The summed E-state index contributed by atoms with van der Waals surface area (Å²) in [6.45, 7) is 0. The average molecular weight is 1320 g/mol. The Morgan fingerprint density at radius 1 is 0.330 bits per heavy atom. The van der Waals surface area contributed by atoms with Gasteiger partial charge in [-0.25, -0.2) is 53.3 Å². The van der Waals surface area contributed by atoms with Gasteiger partial charge in [-0.05, 0) is 140 Å². The molecule has 21 nitrogen and oxygen atoms in total. The molecule has 0 bridgehead atoms. The molecule has 0 radical (unpaired) electrons. The predicted molar refractivity (Wildman–Crippen MR) is 345 cm³/mol. The molecule has 0 amide bonds. The number of carboxylic acids is 5. The average Bonchev–Trinajstić information content (AvgIpc) is 1.80. The fourth-order valence-electron chi connectivity index (χ4n) is 9.18. The highest BCUT2D eigenvalue weighted by Gasteiger charge is 2.21. The van der Waals surface area contributed by atoms with Gasteiger partial charge in [-0.2, -0.15) is 0 Å². The number of benzene rings is 9. The van der Waals surface area contributed by atoms with E-state index in [1.54, 1.807) is 164 Å². The molecule has 0 spiro atoms. The highest BCUT2D eigenvalue weighted by molar-refractivity contribution is 6.33. The van der Waals surface area contributed by atoms with Gasteiger partial charge in [0.1, 0.15) is 33.4 Å². The highest BCUT2D eigenvalue weighted by atomic mass is 35.5. The quantitative estimate of drug-likeness (QED) is 0.0849. The summed E-state index contributed by atoms with van der Waals surface area (Å²) in [5.41, 5.74) is 7.19. The summed E-state index contributed by atoms with van der Waals surface area (Å²) in [4.78, 5) is 80.5. The molecule has 15 rings (SSSR count). The van der Waals surface area contributed by atoms with Crippen molar-refractivity contribution in [2.75, 3.05) is 0 Å². The molecule has 0 saturated carbocycles. The van der Waals surface area contributed by atoms with E-state index >= 15 is 0 Å². The molecule has 0 saturated heterocycles. The molecule has 25 heteroatoms. The van der Waals surface area contributed by atoms with Crippen LogP contribution in [0.2, 0.25) is 15.1 Å². The maximum absolute atomic E-state index is 13.6. The smallest absolute Gasteiger partial charge is 0.338 e. The standard InChI is InChI=1S/3C14H8ClNO3.C14H8FNO3.C13H8N2O3/c15-9-4-1-3-8(7-9)13-16-12-10(14(17)18)5-2-6-11(12)19-13;15-10-6-2-1-4-8(10)13-16-12-9(14(17)18)5-3-7-11(12)19-13;15-9-6-4-8(5-7-9)13-16-12-10(14(17)18)2-1-3-11(12)19-13;15-10-6-2-1-4-8(10)13-16-12-9(14(17)18)5-3-7-11(12)19-13;16-13(17)9-4-1-5-10-11(9)15-12(18-10)8-3-2-6-14-7-8/h4*1-7H,(H,17,18);1-7H,(H,16,17). The zero-order valence-electron chi connectivity index (χ0n) is 47.7. The van der Waals surface area contributed by atoms with E-state index in [1.165, 1.54) is 42.5 Å². The Kier molecular flexibility index (Phi) is 18.7. The van der Waals surface area contributed by atoms with Gasteiger partial charge in [0, 0.05) is 33.6 Å². The van der Waals surface area contributed by atoms with Crippen LogP contribution in [-0.4, -0.2) is 85.3 Å². The first-order valence-electron chi connectivity index (χ1n) is 27.4. The predicted octanol–water partition coefficient (Wildman–Crippen LogP) is 17.5. The van der Waals surface area contributed by atoms with E-state index in [9.17, 15) is 28.4 Å². The van der Waals surface area contributed by atoms with E-state index in [0.29, 0.717) is 105 Å². The van der Waals surface area contributed by atoms with Crippen molar-refractivity contribution < 1.29 is 76.0 Å². The molecular weight excluding hydrogens is 1280 g/mol. The fraction of sp³-hybridized carbons (Fsp3) is 0. The lowest BCUT2D eigenvalue weighted by Crippen LogP contribution is -1.96. The topological polar surface area (TPSA) is 330 Å². The van der Waals surface area contributed by atoms with E-state index in [1.807, 2.05) is 6.07 Å². The van der Waals surface area contributed by atoms with Gasteiger partial charge in [0.15, 0.2) is 27.9 Å². The third kappa shape index (κ3) is 14.0. The Morgan fingerprint density at radius 2 is 0.681 bits per heavy atom. The van der Waals surface area contributed by atoms with E-state index in [2.05, 4.69) is 29.9 Å². The lowest BCUT2D eigenvalue weighted by Gasteiger charge is -1.96. The maximum atomic E-state index is 13.6. The van der Waals surface area contributed by atoms with E-state index in [-0.39, 0.29) is 44.8 Å². The van der Waals surface area contributed by atoms with Gasteiger partial charge in [0.05, 0.1) is 49.5 Å². The van der Waals surface area contributed by atoms with Crippen molar-refractivity contribution in [3.05, 3.63) is 261 Å². The van der Waals surface area contributed by atoms with Crippen molar-refractivity contribution in [2.24, 2.45) is 0 Å². The normalized spacial score (nSPS) is 10.8. The van der Waals surface area contributed by atoms with Crippen LogP contribution >= 0.6 is 34.8 Å². The number of hydrogen-bond donors (Lipinski definition) is 5. The molecule has 9 aromatic carbocycles. The van der Waals surface area contributed by atoms with Gasteiger partial charge < -0.3 is 47.6 Å². The molecule has 0 atom stereocenters. The van der Waals surface area contributed by atoms with Crippen LogP contribution in [0.5, 0.6) is 0 Å². The number of oxazole rings is 5. The first-order chi connectivity index (χ1) is 45.4. The Hall–Kier alpha value is -12.4. The zero-order chi connectivity index (χ0) is 66.2. The van der Waals surface area contributed by atoms with Crippen molar-refractivity contribution >= 4 is 120 Å². The summed E-state index contributed by atoms with van der Waals surface area (Å²) < 4.78 is 41.3. The molecule has 15 aromatic rings. The van der Waals surface area contributed by atoms with Crippen molar-refractivity contribution in [3.8, 4) is 57.3 Å². The molecule has 94 heavy (non-hydrogen) atoms. The Morgan fingerprint density at radius 3 is 1.07 bits per heavy atom. The van der Waals surface area contributed by atoms with Gasteiger partial charge in [-0.15, -0.1) is 0 Å². The lowest BCUT2D eigenvalue weighted by atomic mass is 10.2. The van der Waals surface area contributed by atoms with Gasteiger partial charge in [0.25, 0.3) is 0 Å². The van der Waals surface area contributed by atoms with Gasteiger partial charge in [0.2, 0.25) is 29.5 Å². The van der Waals surface area contributed by atoms with Crippen LogP contribution in [0.3, 0.4) is 0 Å². The summed E-state index contributed by atoms with van der Waals surface area (Å²) in [6.07, 6.45) is 3.26. The summed E-state index contributed by atoms with van der Waals surface area (Å²) >= 11 is 17.8. The number of carboxylic acid groups (broad SMARTS) is 5. The molecule has 0 aliphatic carbocycles. The van der Waals surface area contributed by atoms with E-state index < -0.39 is 35.7 Å². The molecule has 464 valence electrons. The van der Waals surface area contributed by atoms with Gasteiger partial charge >= 0.3 is 29.8 Å². The molecule has 5 N–H and O–H groups in total. The monoisotopic (exact) mass is 1320 g/mol. The number of rotatable bonds is 10. The number of halogens is 4. The van der Waals surface area contributed by atoms with Crippen LogP contribution in [0.1, 0.15) is 51.8 Å². The zero-order valence-corrected chi connectivity index (χ0v) is 50.0. The second-order valence-electron chi connectivity index (χ2n) is 19.6. The van der Waals surface area contributed by atoms with Crippen LogP contribution in [0.15, 0.2) is 235 Å². The van der Waals surface area contributed by atoms with Crippen molar-refractivity contribution in [1.82, 2.24) is 29.9 Å². The van der Waals surface area contributed by atoms with Crippen LogP contribution in [-0.2, 0) is 0 Å². The minimum Gasteiger partial charge on any atom is -0.478 e. The number of carbonyl (C=O) groups is 5. The Balaban J connectivity index is 0.000000120. The summed E-state index contributed by atoms with van der Waals surface area (Å²) in [5.74, 6) is -4.20. The van der Waals surface area contributed by atoms with E-state index in [0.717, 1.165) is 5.56 Å². The second kappa shape index (κ2) is 27.8. The van der Waals surface area contributed by atoms with Crippen LogP contribution in [0, 0.1) is 5.82 Å². The first-order valence-corrected chi connectivity index (χ1v) is 28.6. The number of pyridine rings is 1. The number of hydrogen-bond acceptors (Lipinski definition) is 16. The summed E-state index contributed by atoms with van der Waals surface area (Å²) in [6, 6.07) is 54.6. The number of fused-ring (bicyclic) bond motifs is 5. The molecule has 6 heterocycles. The SMILES string of the molecule is O=C(O)c1cccc2oc(-c3ccc(Cl)cc3)nc12.O=C(O)c1cccc2oc(-c3cccc(Cl)c3)nc12.O=C(O)c1cccc2oc(-c3ccccc3Cl)nc12.O=C(O)c1cccc2oc(-c3ccccc3F)nc12.O=C(O)c1cccc2oc(-c3cccnc3)nc12. The third-order valence-electron chi connectivity index (χ3n) is 13.5. The van der Waals surface area contributed by atoms with Crippen LogP contribution in [0.25, 0.3) is 113 Å². The van der Waals surface area contributed by atoms with Crippen molar-refractivity contribution in [2.45, 2.75) is 0 Å².